The van der Waals surface area contributed by atoms with Crippen molar-refractivity contribution in [1.82, 2.24) is 5.32 Å². The van der Waals surface area contributed by atoms with Gasteiger partial charge in [0.1, 0.15) is 0 Å². The van der Waals surface area contributed by atoms with Gasteiger partial charge in [0.25, 0.3) is 0 Å². The molecule has 104 valence electrons. The molecule has 2 fully saturated rings. The van der Waals surface area contributed by atoms with Crippen molar-refractivity contribution in [2.24, 2.45) is 23.0 Å². The maximum Gasteiger partial charge on any atom is 0.227 e. The van der Waals surface area contributed by atoms with Crippen molar-refractivity contribution < 1.29 is 4.79 Å². The van der Waals surface area contributed by atoms with Gasteiger partial charge in [0, 0.05) is 12.1 Å². The van der Waals surface area contributed by atoms with Gasteiger partial charge in [-0.2, -0.15) is 0 Å². The van der Waals surface area contributed by atoms with E-state index < -0.39 is 0 Å². The Balaban J connectivity index is 2.01. The Morgan fingerprint density at radius 3 is 2.28 bits per heavy atom. The van der Waals surface area contributed by atoms with Crippen LogP contribution in [0, 0.1) is 17.3 Å². The molecule has 0 saturated heterocycles. The van der Waals surface area contributed by atoms with Crippen LogP contribution in [0.2, 0.25) is 0 Å². The monoisotopic (exact) mass is 252 g/mol. The van der Waals surface area contributed by atoms with Crippen LogP contribution in [0.4, 0.5) is 0 Å². The molecule has 2 aliphatic rings. The third kappa shape index (κ3) is 2.71. The van der Waals surface area contributed by atoms with Gasteiger partial charge in [-0.05, 0) is 64.2 Å². The van der Waals surface area contributed by atoms with Crippen molar-refractivity contribution in [2.75, 3.05) is 6.54 Å². The molecule has 0 radical (unpaired) electrons. The molecular weight excluding hydrogens is 224 g/mol. The highest BCUT2D eigenvalue weighted by molar-refractivity contribution is 5.83. The molecule has 0 heterocycles. The van der Waals surface area contributed by atoms with Crippen molar-refractivity contribution in [2.45, 2.75) is 64.8 Å². The van der Waals surface area contributed by atoms with E-state index in [1.165, 1.54) is 12.8 Å². The predicted octanol–water partition coefficient (Wildman–Crippen LogP) is 2.45. The Kier molecular flexibility index (Phi) is 3.72. The molecule has 0 unspecified atom stereocenters. The second-order valence-corrected chi connectivity index (χ2v) is 7.12. The maximum absolute atomic E-state index is 12.6. The molecule has 3 heteroatoms. The van der Waals surface area contributed by atoms with Gasteiger partial charge in [-0.25, -0.2) is 0 Å². The summed E-state index contributed by atoms with van der Waals surface area (Å²) in [6.45, 7) is 7.06. The summed E-state index contributed by atoms with van der Waals surface area (Å²) >= 11 is 0. The zero-order chi connectivity index (χ0) is 13.4. The Labute approximate surface area is 111 Å². The molecule has 0 aromatic rings. The molecular formula is C15H28N2O. The van der Waals surface area contributed by atoms with Crippen LogP contribution in [0.3, 0.4) is 0 Å². The van der Waals surface area contributed by atoms with E-state index >= 15 is 0 Å². The summed E-state index contributed by atoms with van der Waals surface area (Å²) in [5, 5.41) is 3.28. The van der Waals surface area contributed by atoms with Crippen LogP contribution in [-0.4, -0.2) is 18.0 Å². The largest absolute Gasteiger partial charge is 0.350 e. The zero-order valence-electron chi connectivity index (χ0n) is 12.1. The fourth-order valence-electron chi connectivity index (χ4n) is 3.17. The first-order valence-electron chi connectivity index (χ1n) is 7.42. The summed E-state index contributed by atoms with van der Waals surface area (Å²) in [5.74, 6) is 1.61. The van der Waals surface area contributed by atoms with Crippen LogP contribution >= 0.6 is 0 Å². The lowest BCUT2D eigenvalue weighted by atomic mass is 9.70. The summed E-state index contributed by atoms with van der Waals surface area (Å²) in [4.78, 5) is 12.6. The normalized spacial score (nSPS) is 33.2. The lowest BCUT2D eigenvalue weighted by Gasteiger charge is -2.40. The highest BCUT2D eigenvalue weighted by atomic mass is 16.2. The van der Waals surface area contributed by atoms with Gasteiger partial charge in [-0.1, -0.05) is 6.92 Å². The minimum atomic E-state index is -0.293. The second-order valence-electron chi connectivity index (χ2n) is 7.12. The van der Waals surface area contributed by atoms with E-state index in [2.05, 4.69) is 26.1 Å². The lowest BCUT2D eigenvalue weighted by Crippen LogP contribution is -2.55. The van der Waals surface area contributed by atoms with Gasteiger partial charge >= 0.3 is 0 Å². The van der Waals surface area contributed by atoms with Crippen molar-refractivity contribution in [3.05, 3.63) is 0 Å². The number of nitrogens with one attached hydrogen (secondary N) is 1. The Morgan fingerprint density at radius 1 is 1.28 bits per heavy atom. The highest BCUT2D eigenvalue weighted by Crippen LogP contribution is 2.42. The first-order chi connectivity index (χ1) is 8.39. The van der Waals surface area contributed by atoms with Gasteiger partial charge < -0.3 is 11.1 Å². The summed E-state index contributed by atoms with van der Waals surface area (Å²) in [7, 11) is 0. The van der Waals surface area contributed by atoms with Crippen molar-refractivity contribution in [1.29, 1.82) is 0 Å². The van der Waals surface area contributed by atoms with Gasteiger partial charge in [0.2, 0.25) is 5.91 Å². The van der Waals surface area contributed by atoms with E-state index in [9.17, 15) is 4.79 Å². The third-order valence-electron chi connectivity index (χ3n) is 5.14. The molecule has 0 aromatic heterocycles. The first kappa shape index (κ1) is 13.9. The number of nitrogens with two attached hydrogens (primary N) is 1. The number of amides is 1. The van der Waals surface area contributed by atoms with Gasteiger partial charge in [0.15, 0.2) is 0 Å². The average Bonchev–Trinajstić information content (AvgIpc) is 3.14. The Bertz CT molecular complexity index is 312. The van der Waals surface area contributed by atoms with Crippen LogP contribution in [-0.2, 0) is 4.79 Å². The summed E-state index contributed by atoms with van der Waals surface area (Å²) in [6, 6.07) is 0. The first-order valence-corrected chi connectivity index (χ1v) is 7.42. The predicted molar refractivity (Wildman–Crippen MR) is 74.1 cm³/mol. The molecule has 0 spiro atoms. The van der Waals surface area contributed by atoms with E-state index in [1.807, 2.05) is 0 Å². The van der Waals surface area contributed by atoms with Crippen LogP contribution in [0.5, 0.6) is 0 Å². The highest BCUT2D eigenvalue weighted by Gasteiger charge is 2.45. The van der Waals surface area contributed by atoms with E-state index in [1.54, 1.807) is 0 Å². The van der Waals surface area contributed by atoms with E-state index in [4.69, 9.17) is 5.73 Å². The minimum absolute atomic E-state index is 0.0533. The molecule has 0 bridgehead atoms. The lowest BCUT2D eigenvalue weighted by molar-refractivity contribution is -0.134. The van der Waals surface area contributed by atoms with Gasteiger partial charge in [-0.3, -0.25) is 4.79 Å². The van der Waals surface area contributed by atoms with Gasteiger partial charge in [0.05, 0.1) is 5.41 Å². The van der Waals surface area contributed by atoms with Crippen molar-refractivity contribution >= 4 is 5.91 Å². The molecule has 0 aliphatic heterocycles. The Hall–Kier alpha value is -0.570. The maximum atomic E-state index is 12.6. The number of rotatable bonds is 4. The standard InChI is InChI=1S/C15H28N2O/c1-11-6-8-15(10-16,9-7-11)13(18)17-14(2,3)12-4-5-12/h11-12H,4-10,16H2,1-3H3,(H,17,18). The zero-order valence-corrected chi connectivity index (χ0v) is 12.1. The van der Waals surface area contributed by atoms with E-state index in [0.29, 0.717) is 12.5 Å². The van der Waals surface area contributed by atoms with Crippen LogP contribution in [0.15, 0.2) is 0 Å². The fourth-order valence-corrected chi connectivity index (χ4v) is 3.17. The number of carbonyl (C=O) groups excluding carboxylic acids is 1. The fraction of sp³-hybridized carbons (Fsp3) is 0.933. The van der Waals surface area contributed by atoms with E-state index in [0.717, 1.165) is 31.6 Å². The molecule has 0 aromatic carbocycles. The minimum Gasteiger partial charge on any atom is -0.350 e. The SMILES string of the molecule is CC1CCC(CN)(C(=O)NC(C)(C)C2CC2)CC1. The summed E-state index contributed by atoms with van der Waals surface area (Å²) in [5.41, 5.74) is 5.59. The molecule has 3 nitrogen and oxygen atoms in total. The summed E-state index contributed by atoms with van der Waals surface area (Å²) < 4.78 is 0. The van der Waals surface area contributed by atoms with E-state index in [-0.39, 0.29) is 16.9 Å². The second kappa shape index (κ2) is 4.84. The molecule has 1 amide bonds. The molecule has 0 atom stereocenters. The molecule has 3 N–H and O–H groups in total. The molecule has 2 rings (SSSR count). The molecule has 2 saturated carbocycles. The number of carbonyl (C=O) groups is 1. The quantitative estimate of drug-likeness (QED) is 0.807. The van der Waals surface area contributed by atoms with Gasteiger partial charge in [-0.15, -0.1) is 0 Å². The van der Waals surface area contributed by atoms with Crippen molar-refractivity contribution in [3.8, 4) is 0 Å². The third-order valence-corrected chi connectivity index (χ3v) is 5.14. The Morgan fingerprint density at radius 2 is 1.83 bits per heavy atom. The van der Waals surface area contributed by atoms with Crippen LogP contribution < -0.4 is 11.1 Å². The average molecular weight is 252 g/mol. The topological polar surface area (TPSA) is 55.1 Å². The number of hydrogen-bond donors (Lipinski definition) is 2. The molecule has 2 aliphatic carbocycles. The smallest absolute Gasteiger partial charge is 0.227 e. The number of hydrogen-bond acceptors (Lipinski definition) is 2. The van der Waals surface area contributed by atoms with Crippen LogP contribution in [0.25, 0.3) is 0 Å². The molecule has 18 heavy (non-hydrogen) atoms. The van der Waals surface area contributed by atoms with Crippen LogP contribution in [0.1, 0.15) is 59.3 Å². The van der Waals surface area contributed by atoms with Crippen molar-refractivity contribution in [3.63, 3.8) is 0 Å². The summed E-state index contributed by atoms with van der Waals surface area (Å²) in [6.07, 6.45) is 6.68.